The van der Waals surface area contributed by atoms with Gasteiger partial charge in [0, 0.05) is 6.42 Å². The number of hydrogen-bond acceptors (Lipinski definition) is 1. The minimum atomic E-state index is -0.0265. The van der Waals surface area contributed by atoms with Crippen molar-refractivity contribution in [2.75, 3.05) is 0 Å². The topological polar surface area (TPSA) is 17.1 Å². The van der Waals surface area contributed by atoms with E-state index in [0.717, 1.165) is 19.3 Å². The molecule has 0 radical (unpaired) electrons. The first-order chi connectivity index (χ1) is 6.34. The normalized spacial score (nSPS) is 36.0. The molecule has 0 bridgehead atoms. The Bertz CT molecular complexity index is 355. The van der Waals surface area contributed by atoms with E-state index in [0.29, 0.717) is 11.7 Å². The minimum Gasteiger partial charge on any atom is -0.299 e. The van der Waals surface area contributed by atoms with Gasteiger partial charge in [0.2, 0.25) is 0 Å². The number of Topliss-reactive ketones (excluding diaryl/α,β-unsaturated/α-hetero) is 1. The van der Waals surface area contributed by atoms with Crippen molar-refractivity contribution >= 4 is 5.78 Å². The van der Waals surface area contributed by atoms with Gasteiger partial charge in [0.1, 0.15) is 5.78 Å². The molecule has 3 rings (SSSR count). The highest BCUT2D eigenvalue weighted by atomic mass is 16.1. The predicted molar refractivity (Wildman–Crippen MR) is 50.5 cm³/mol. The predicted octanol–water partition coefficient (Wildman–Crippen LogP) is 2.31. The van der Waals surface area contributed by atoms with E-state index < -0.39 is 0 Å². The van der Waals surface area contributed by atoms with E-state index in [1.807, 2.05) is 18.2 Å². The summed E-state index contributed by atoms with van der Waals surface area (Å²) in [5.41, 5.74) is 1.23. The maximum Gasteiger partial charge on any atom is 0.143 e. The number of carbonyl (C=O) groups is 1. The van der Waals surface area contributed by atoms with Crippen LogP contribution in [0.3, 0.4) is 0 Å². The molecule has 0 aromatic heterocycles. The molecule has 0 heterocycles. The highest BCUT2D eigenvalue weighted by Crippen LogP contribution is 2.62. The lowest BCUT2D eigenvalue weighted by Gasteiger charge is -2.10. The van der Waals surface area contributed by atoms with Gasteiger partial charge in [0.15, 0.2) is 0 Å². The first-order valence-electron chi connectivity index (χ1n) is 4.93. The molecule has 66 valence electrons. The van der Waals surface area contributed by atoms with Gasteiger partial charge in [0.05, 0.1) is 5.41 Å². The van der Waals surface area contributed by atoms with Crippen molar-refractivity contribution in [3.63, 3.8) is 0 Å². The van der Waals surface area contributed by atoms with Crippen molar-refractivity contribution in [2.24, 2.45) is 5.92 Å². The van der Waals surface area contributed by atoms with Gasteiger partial charge in [-0.15, -0.1) is 0 Å². The first-order valence-corrected chi connectivity index (χ1v) is 4.93. The van der Waals surface area contributed by atoms with E-state index in [9.17, 15) is 4.79 Å². The van der Waals surface area contributed by atoms with Crippen LogP contribution in [0.1, 0.15) is 24.8 Å². The van der Waals surface area contributed by atoms with Crippen molar-refractivity contribution in [3.05, 3.63) is 35.9 Å². The summed E-state index contributed by atoms with van der Waals surface area (Å²) in [6.07, 6.45) is 3.03. The Hall–Kier alpha value is -1.11. The van der Waals surface area contributed by atoms with Gasteiger partial charge in [-0.2, -0.15) is 0 Å². The average molecular weight is 172 g/mol. The fourth-order valence-corrected chi connectivity index (χ4v) is 2.80. The van der Waals surface area contributed by atoms with Crippen LogP contribution in [0.5, 0.6) is 0 Å². The van der Waals surface area contributed by atoms with Crippen molar-refractivity contribution in [3.8, 4) is 0 Å². The maximum atomic E-state index is 11.7. The average Bonchev–Trinajstić information content (AvgIpc) is 2.84. The Kier molecular flexibility index (Phi) is 1.25. The SMILES string of the molecule is O=C1CCC2CC12c1ccccc1. The lowest BCUT2D eigenvalue weighted by atomic mass is 9.92. The van der Waals surface area contributed by atoms with Gasteiger partial charge in [-0.1, -0.05) is 30.3 Å². The molecule has 0 saturated heterocycles. The molecule has 1 nitrogen and oxygen atoms in total. The molecule has 2 atom stereocenters. The molecular weight excluding hydrogens is 160 g/mol. The van der Waals surface area contributed by atoms with Crippen LogP contribution in [0.4, 0.5) is 0 Å². The van der Waals surface area contributed by atoms with Crippen LogP contribution >= 0.6 is 0 Å². The molecule has 0 amide bonds. The Morgan fingerprint density at radius 1 is 1.23 bits per heavy atom. The molecule has 0 spiro atoms. The smallest absolute Gasteiger partial charge is 0.143 e. The fourth-order valence-electron chi connectivity index (χ4n) is 2.80. The third-order valence-electron chi connectivity index (χ3n) is 3.61. The van der Waals surface area contributed by atoms with E-state index in [-0.39, 0.29) is 5.41 Å². The van der Waals surface area contributed by atoms with Crippen LogP contribution < -0.4 is 0 Å². The minimum absolute atomic E-state index is 0.0265. The highest BCUT2D eigenvalue weighted by Gasteiger charge is 2.63. The standard InChI is InChI=1S/C12H12O/c13-11-7-6-10-8-12(10,11)9-4-2-1-3-5-9/h1-5,10H,6-8H2. The lowest BCUT2D eigenvalue weighted by molar-refractivity contribution is -0.120. The second kappa shape index (κ2) is 2.22. The molecule has 1 aromatic carbocycles. The summed E-state index contributed by atoms with van der Waals surface area (Å²) >= 11 is 0. The van der Waals surface area contributed by atoms with E-state index >= 15 is 0 Å². The van der Waals surface area contributed by atoms with Crippen LogP contribution in [0.2, 0.25) is 0 Å². The van der Waals surface area contributed by atoms with Crippen molar-refractivity contribution < 1.29 is 4.79 Å². The lowest BCUT2D eigenvalue weighted by Crippen LogP contribution is -2.16. The van der Waals surface area contributed by atoms with Gasteiger partial charge >= 0.3 is 0 Å². The number of rotatable bonds is 1. The van der Waals surface area contributed by atoms with Crippen LogP contribution in [0, 0.1) is 5.92 Å². The molecule has 0 aliphatic heterocycles. The molecule has 2 saturated carbocycles. The van der Waals surface area contributed by atoms with Crippen molar-refractivity contribution in [2.45, 2.75) is 24.7 Å². The summed E-state index contributed by atoms with van der Waals surface area (Å²) in [7, 11) is 0. The number of benzene rings is 1. The molecule has 13 heavy (non-hydrogen) atoms. The van der Waals surface area contributed by atoms with Gasteiger partial charge in [-0.05, 0) is 24.3 Å². The third-order valence-corrected chi connectivity index (χ3v) is 3.61. The Labute approximate surface area is 77.8 Å². The molecule has 2 unspecified atom stereocenters. The van der Waals surface area contributed by atoms with E-state index in [1.165, 1.54) is 5.56 Å². The monoisotopic (exact) mass is 172 g/mol. The Balaban J connectivity index is 2.07. The maximum absolute atomic E-state index is 11.7. The van der Waals surface area contributed by atoms with E-state index in [2.05, 4.69) is 12.1 Å². The van der Waals surface area contributed by atoms with E-state index in [4.69, 9.17) is 0 Å². The third kappa shape index (κ3) is 0.796. The molecule has 0 N–H and O–H groups in total. The number of fused-ring (bicyclic) bond motifs is 1. The second-order valence-corrected chi connectivity index (χ2v) is 4.20. The summed E-state index contributed by atoms with van der Waals surface area (Å²) < 4.78 is 0. The van der Waals surface area contributed by atoms with Gasteiger partial charge < -0.3 is 0 Å². The quantitative estimate of drug-likeness (QED) is 0.635. The van der Waals surface area contributed by atoms with Crippen molar-refractivity contribution in [1.29, 1.82) is 0 Å². The van der Waals surface area contributed by atoms with Gasteiger partial charge in [-0.25, -0.2) is 0 Å². The summed E-state index contributed by atoms with van der Waals surface area (Å²) in [5.74, 6) is 1.14. The molecule has 1 heteroatoms. The van der Waals surface area contributed by atoms with Gasteiger partial charge in [0.25, 0.3) is 0 Å². The van der Waals surface area contributed by atoms with Crippen molar-refractivity contribution in [1.82, 2.24) is 0 Å². The highest BCUT2D eigenvalue weighted by molar-refractivity contribution is 5.96. The summed E-state index contributed by atoms with van der Waals surface area (Å²) in [5, 5.41) is 0. The zero-order valence-corrected chi connectivity index (χ0v) is 7.49. The number of carbonyl (C=O) groups excluding carboxylic acids is 1. The van der Waals surface area contributed by atoms with Crippen LogP contribution in [0.15, 0.2) is 30.3 Å². The second-order valence-electron chi connectivity index (χ2n) is 4.20. The summed E-state index contributed by atoms with van der Waals surface area (Å²) in [6.45, 7) is 0. The summed E-state index contributed by atoms with van der Waals surface area (Å²) in [4.78, 5) is 11.7. The van der Waals surface area contributed by atoms with Gasteiger partial charge in [-0.3, -0.25) is 4.79 Å². The number of ketones is 1. The van der Waals surface area contributed by atoms with Crippen LogP contribution in [-0.4, -0.2) is 5.78 Å². The molecule has 2 aliphatic carbocycles. The first kappa shape index (κ1) is 7.31. The largest absolute Gasteiger partial charge is 0.299 e. The molecule has 2 aliphatic rings. The number of hydrogen-bond donors (Lipinski definition) is 0. The zero-order valence-electron chi connectivity index (χ0n) is 7.49. The van der Waals surface area contributed by atoms with Crippen LogP contribution in [-0.2, 0) is 10.2 Å². The Morgan fingerprint density at radius 2 is 2.00 bits per heavy atom. The summed E-state index contributed by atoms with van der Waals surface area (Å²) in [6, 6.07) is 10.3. The molecule has 2 fully saturated rings. The fraction of sp³-hybridized carbons (Fsp3) is 0.417. The molecule has 1 aromatic rings. The van der Waals surface area contributed by atoms with E-state index in [1.54, 1.807) is 0 Å². The van der Waals surface area contributed by atoms with Crippen LogP contribution in [0.25, 0.3) is 0 Å². The molecular formula is C12H12O. The zero-order chi connectivity index (χ0) is 8.89. The Morgan fingerprint density at radius 3 is 2.54 bits per heavy atom.